The van der Waals surface area contributed by atoms with Crippen molar-refractivity contribution in [2.24, 2.45) is 11.8 Å². The molecule has 0 aliphatic carbocycles. The number of carbonyl (C=O) groups excluding carboxylic acids is 2. The molecule has 3 atom stereocenters. The predicted octanol–water partition coefficient (Wildman–Crippen LogP) is 2.56. The van der Waals surface area contributed by atoms with Gasteiger partial charge in [0.15, 0.2) is 17.3 Å². The molecule has 1 saturated heterocycles. The Morgan fingerprint density at radius 1 is 1.05 bits per heavy atom. The summed E-state index contributed by atoms with van der Waals surface area (Å²) in [7, 11) is 3.23. The van der Waals surface area contributed by atoms with Gasteiger partial charge in [-0.25, -0.2) is 0 Å². The lowest BCUT2D eigenvalue weighted by atomic mass is 9.94. The first-order valence-electron chi connectivity index (χ1n) is 14.1. The number of benzene rings is 2. The highest BCUT2D eigenvalue weighted by Gasteiger charge is 2.32. The quantitative estimate of drug-likeness (QED) is 0.256. The van der Waals surface area contributed by atoms with Gasteiger partial charge in [-0.1, -0.05) is 30.3 Å². The van der Waals surface area contributed by atoms with Gasteiger partial charge in [0, 0.05) is 51.3 Å². The summed E-state index contributed by atoms with van der Waals surface area (Å²) in [5, 5.41) is 17.0. The first kappa shape index (κ1) is 31.5. The van der Waals surface area contributed by atoms with Crippen LogP contribution in [0.5, 0.6) is 11.5 Å². The Bertz CT molecular complexity index is 1060. The van der Waals surface area contributed by atoms with E-state index in [1.807, 2.05) is 49.1 Å². The normalized spacial score (nSPS) is 17.6. The highest BCUT2D eigenvalue weighted by molar-refractivity contribution is 5.95. The maximum absolute atomic E-state index is 13.6. The van der Waals surface area contributed by atoms with Gasteiger partial charge in [-0.2, -0.15) is 0 Å². The zero-order valence-corrected chi connectivity index (χ0v) is 24.2. The molecule has 0 radical (unpaired) electrons. The van der Waals surface area contributed by atoms with Crippen molar-refractivity contribution in [2.45, 2.75) is 38.8 Å². The lowest BCUT2D eigenvalue weighted by Crippen LogP contribution is -2.44. The minimum Gasteiger partial charge on any atom is -0.493 e. The van der Waals surface area contributed by atoms with E-state index >= 15 is 0 Å². The largest absolute Gasteiger partial charge is 0.493 e. The van der Waals surface area contributed by atoms with Crippen molar-refractivity contribution >= 4 is 11.7 Å². The van der Waals surface area contributed by atoms with E-state index in [2.05, 4.69) is 10.6 Å². The monoisotopic (exact) mass is 555 g/mol. The van der Waals surface area contributed by atoms with Crippen LogP contribution in [0.25, 0.3) is 0 Å². The van der Waals surface area contributed by atoms with Crippen LogP contribution in [0.1, 0.15) is 36.2 Å². The molecule has 0 spiro atoms. The maximum atomic E-state index is 13.6. The minimum atomic E-state index is -1.03. The highest BCUT2D eigenvalue weighted by Crippen LogP contribution is 2.29. The van der Waals surface area contributed by atoms with Gasteiger partial charge in [-0.15, -0.1) is 0 Å². The Balaban J connectivity index is 1.56. The van der Waals surface area contributed by atoms with Crippen molar-refractivity contribution in [1.29, 1.82) is 0 Å². The van der Waals surface area contributed by atoms with Gasteiger partial charge in [0.05, 0.1) is 20.3 Å². The standard InChI is InChI=1S/C31H45N3O6/c1-22(2)34(31(37)24-11-12-29(39-4)30(16-24)40-14-8-13-38-3)21-26-19-32-17-25(26)18-33-20-28(36)27(35)15-23-9-6-5-7-10-23/h5-7,9-12,16,22,25-27,32-33,35H,8,13-15,17-21H2,1-4H3/t25-,26-,27?/m0/s1. The van der Waals surface area contributed by atoms with E-state index in [1.165, 1.54) is 0 Å². The Morgan fingerprint density at radius 3 is 2.50 bits per heavy atom. The number of methoxy groups -OCH3 is 2. The molecule has 220 valence electrons. The van der Waals surface area contributed by atoms with Gasteiger partial charge in [-0.3, -0.25) is 9.59 Å². The van der Waals surface area contributed by atoms with Crippen molar-refractivity contribution < 1.29 is 28.9 Å². The average molecular weight is 556 g/mol. The first-order valence-corrected chi connectivity index (χ1v) is 14.1. The van der Waals surface area contributed by atoms with Gasteiger partial charge in [0.1, 0.15) is 6.10 Å². The number of Topliss-reactive ketones (excluding diaryl/α,β-unsaturated/α-hetero) is 1. The van der Waals surface area contributed by atoms with E-state index in [0.717, 1.165) is 25.1 Å². The molecule has 40 heavy (non-hydrogen) atoms. The molecule has 9 heteroatoms. The van der Waals surface area contributed by atoms with E-state index < -0.39 is 6.10 Å². The third kappa shape index (κ3) is 9.30. The number of aliphatic hydroxyl groups is 1. The molecule has 2 aromatic rings. The Hall–Kier alpha value is -2.98. The Kier molecular flexibility index (Phi) is 12.9. The van der Waals surface area contributed by atoms with Crippen molar-refractivity contribution in [3.05, 3.63) is 59.7 Å². The third-order valence-electron chi connectivity index (χ3n) is 7.31. The van der Waals surface area contributed by atoms with Crippen LogP contribution in [-0.4, -0.2) is 94.0 Å². The number of aliphatic hydroxyl groups excluding tert-OH is 1. The average Bonchev–Trinajstić information content (AvgIpc) is 3.40. The smallest absolute Gasteiger partial charge is 0.254 e. The molecular formula is C31H45N3O6. The van der Waals surface area contributed by atoms with E-state index in [4.69, 9.17) is 14.2 Å². The summed E-state index contributed by atoms with van der Waals surface area (Å²) in [4.78, 5) is 28.0. The minimum absolute atomic E-state index is 0.00425. The second-order valence-electron chi connectivity index (χ2n) is 10.6. The number of carbonyl (C=O) groups is 2. The van der Waals surface area contributed by atoms with E-state index in [1.54, 1.807) is 32.4 Å². The molecule has 1 heterocycles. The Morgan fingerprint density at radius 2 is 1.80 bits per heavy atom. The van der Waals surface area contributed by atoms with Gasteiger partial charge in [0.2, 0.25) is 0 Å². The summed E-state index contributed by atoms with van der Waals surface area (Å²) in [6.45, 7) is 8.03. The molecule has 0 aromatic heterocycles. The summed E-state index contributed by atoms with van der Waals surface area (Å²) in [5.41, 5.74) is 1.48. The van der Waals surface area contributed by atoms with Crippen LogP contribution in [-0.2, 0) is 16.0 Å². The molecule has 1 aliphatic rings. The van der Waals surface area contributed by atoms with Crippen LogP contribution in [0, 0.1) is 11.8 Å². The molecule has 2 aromatic carbocycles. The fourth-order valence-electron chi connectivity index (χ4n) is 4.94. The highest BCUT2D eigenvalue weighted by atomic mass is 16.5. The third-order valence-corrected chi connectivity index (χ3v) is 7.31. The van der Waals surface area contributed by atoms with Crippen LogP contribution in [0.4, 0.5) is 0 Å². The number of nitrogens with one attached hydrogen (secondary N) is 2. The summed E-state index contributed by atoms with van der Waals surface area (Å²) >= 11 is 0. The fourth-order valence-corrected chi connectivity index (χ4v) is 4.94. The zero-order chi connectivity index (χ0) is 28.9. The fraction of sp³-hybridized carbons (Fsp3) is 0.548. The van der Waals surface area contributed by atoms with Gasteiger partial charge < -0.3 is 34.9 Å². The molecule has 1 unspecified atom stereocenters. The molecule has 1 fully saturated rings. The first-order chi connectivity index (χ1) is 19.3. The molecule has 9 nitrogen and oxygen atoms in total. The van der Waals surface area contributed by atoms with Crippen molar-refractivity contribution in [3.63, 3.8) is 0 Å². The molecule has 1 amide bonds. The number of ether oxygens (including phenoxy) is 3. The number of hydrogen-bond acceptors (Lipinski definition) is 8. The summed E-state index contributed by atoms with van der Waals surface area (Å²) in [6, 6.07) is 14.8. The summed E-state index contributed by atoms with van der Waals surface area (Å²) < 4.78 is 16.4. The van der Waals surface area contributed by atoms with E-state index in [-0.39, 0.29) is 36.1 Å². The Labute approximate surface area is 238 Å². The van der Waals surface area contributed by atoms with Crippen molar-refractivity contribution in [1.82, 2.24) is 15.5 Å². The van der Waals surface area contributed by atoms with Gasteiger partial charge in [0.25, 0.3) is 5.91 Å². The number of hydrogen-bond donors (Lipinski definition) is 3. The molecule has 0 saturated carbocycles. The summed E-state index contributed by atoms with van der Waals surface area (Å²) in [6.07, 6.45) is 0.0170. The predicted molar refractivity (Wildman–Crippen MR) is 155 cm³/mol. The van der Waals surface area contributed by atoms with Crippen LogP contribution in [0.15, 0.2) is 48.5 Å². The number of ketones is 1. The maximum Gasteiger partial charge on any atom is 0.254 e. The van der Waals surface area contributed by atoms with Crippen molar-refractivity contribution in [2.75, 3.05) is 60.2 Å². The number of nitrogens with zero attached hydrogens (tertiary/aromatic N) is 1. The lowest BCUT2D eigenvalue weighted by Gasteiger charge is -2.32. The zero-order valence-electron chi connectivity index (χ0n) is 24.2. The molecule has 0 bridgehead atoms. The lowest BCUT2D eigenvalue weighted by molar-refractivity contribution is -0.126. The molecule has 1 aliphatic heterocycles. The topological polar surface area (TPSA) is 109 Å². The number of rotatable bonds is 17. The van der Waals surface area contributed by atoms with Crippen molar-refractivity contribution in [3.8, 4) is 11.5 Å². The van der Waals surface area contributed by atoms with E-state index in [0.29, 0.717) is 49.8 Å². The SMILES string of the molecule is COCCCOc1cc(C(=O)N(C[C@@H]2CNC[C@H]2CNCC(=O)C(O)Cc2ccccc2)C(C)C)ccc1OC. The second-order valence-corrected chi connectivity index (χ2v) is 10.6. The van der Waals surface area contributed by atoms with Crippen LogP contribution in [0.2, 0.25) is 0 Å². The molecule has 3 rings (SSSR count). The second kappa shape index (κ2) is 16.3. The van der Waals surface area contributed by atoms with Crippen LogP contribution >= 0.6 is 0 Å². The van der Waals surface area contributed by atoms with E-state index in [9.17, 15) is 14.7 Å². The summed E-state index contributed by atoms with van der Waals surface area (Å²) in [5.74, 6) is 1.33. The number of amides is 1. The molecular weight excluding hydrogens is 510 g/mol. The van der Waals surface area contributed by atoms with Crippen LogP contribution in [0.3, 0.4) is 0 Å². The van der Waals surface area contributed by atoms with Crippen LogP contribution < -0.4 is 20.1 Å². The van der Waals surface area contributed by atoms with Gasteiger partial charge in [-0.05, 0) is 62.5 Å². The molecule has 3 N–H and O–H groups in total. The van der Waals surface area contributed by atoms with Gasteiger partial charge >= 0.3 is 0 Å².